The van der Waals surface area contributed by atoms with Gasteiger partial charge in [-0.05, 0) is 37.6 Å². The SMILES string of the molecule is Cc1cccc(NC(=O)Cn2c(C)c(C(=O)C(F)(F)F)c3ccccc32)c1. The van der Waals surface area contributed by atoms with Crippen LogP contribution in [0.5, 0.6) is 0 Å². The molecule has 1 N–H and O–H groups in total. The second kappa shape index (κ2) is 6.90. The molecule has 0 bridgehead atoms. The summed E-state index contributed by atoms with van der Waals surface area (Å²) in [4.78, 5) is 24.3. The number of nitrogens with one attached hydrogen (secondary N) is 1. The zero-order valence-electron chi connectivity index (χ0n) is 14.7. The van der Waals surface area contributed by atoms with Gasteiger partial charge in [0.15, 0.2) is 0 Å². The van der Waals surface area contributed by atoms with E-state index in [1.165, 1.54) is 17.6 Å². The minimum absolute atomic E-state index is 0.109. The fourth-order valence-corrected chi connectivity index (χ4v) is 3.13. The number of para-hydroxylation sites is 1. The lowest BCUT2D eigenvalue weighted by Gasteiger charge is -2.10. The van der Waals surface area contributed by atoms with Crippen molar-refractivity contribution in [3.8, 4) is 0 Å². The van der Waals surface area contributed by atoms with E-state index in [1.54, 1.807) is 36.4 Å². The molecular formula is C20H17F3N2O2. The van der Waals surface area contributed by atoms with Crippen molar-refractivity contribution in [1.29, 1.82) is 0 Å². The predicted octanol–water partition coefficient (Wildman–Crippen LogP) is 4.64. The van der Waals surface area contributed by atoms with E-state index < -0.39 is 23.4 Å². The number of Topliss-reactive ketones (excluding diaryl/α,β-unsaturated/α-hetero) is 1. The van der Waals surface area contributed by atoms with Gasteiger partial charge < -0.3 is 9.88 Å². The number of hydrogen-bond donors (Lipinski definition) is 1. The maximum absolute atomic E-state index is 13.0. The third kappa shape index (κ3) is 3.72. The molecule has 0 saturated heterocycles. The molecule has 2 aromatic carbocycles. The van der Waals surface area contributed by atoms with Crippen LogP contribution in [0.2, 0.25) is 0 Å². The molecular weight excluding hydrogens is 357 g/mol. The van der Waals surface area contributed by atoms with Gasteiger partial charge in [-0.2, -0.15) is 13.2 Å². The van der Waals surface area contributed by atoms with E-state index >= 15 is 0 Å². The Labute approximate surface area is 153 Å². The van der Waals surface area contributed by atoms with Crippen LogP contribution in [0, 0.1) is 13.8 Å². The van der Waals surface area contributed by atoms with Crippen LogP contribution in [0.1, 0.15) is 21.6 Å². The van der Waals surface area contributed by atoms with Crippen molar-refractivity contribution in [3.05, 3.63) is 65.4 Å². The lowest BCUT2D eigenvalue weighted by atomic mass is 10.1. The van der Waals surface area contributed by atoms with Crippen molar-refractivity contribution >= 4 is 28.3 Å². The normalized spacial score (nSPS) is 11.6. The standard InChI is InChI=1S/C20H17F3N2O2/c1-12-6-5-7-14(10-12)24-17(26)11-25-13(2)18(19(27)20(21,22)23)15-8-3-4-9-16(15)25/h3-10H,11H2,1-2H3,(H,24,26). The molecule has 4 nitrogen and oxygen atoms in total. The van der Waals surface area contributed by atoms with E-state index in [-0.39, 0.29) is 17.6 Å². The fraction of sp³-hybridized carbons (Fsp3) is 0.200. The van der Waals surface area contributed by atoms with Gasteiger partial charge in [0.05, 0.1) is 5.56 Å². The largest absolute Gasteiger partial charge is 0.454 e. The number of ketones is 1. The predicted molar refractivity (Wildman–Crippen MR) is 96.9 cm³/mol. The van der Waals surface area contributed by atoms with Crippen LogP contribution >= 0.6 is 0 Å². The Balaban J connectivity index is 1.98. The number of halogens is 3. The molecule has 0 spiro atoms. The molecule has 140 valence electrons. The third-order valence-corrected chi connectivity index (χ3v) is 4.32. The molecule has 27 heavy (non-hydrogen) atoms. The molecule has 0 aliphatic rings. The number of rotatable bonds is 4. The number of alkyl halides is 3. The van der Waals surface area contributed by atoms with Gasteiger partial charge in [0.1, 0.15) is 6.54 Å². The maximum Gasteiger partial charge on any atom is 0.454 e. The number of nitrogens with zero attached hydrogens (tertiary/aromatic N) is 1. The van der Waals surface area contributed by atoms with Crippen LogP contribution in [-0.4, -0.2) is 22.4 Å². The van der Waals surface area contributed by atoms with E-state index in [2.05, 4.69) is 5.32 Å². The molecule has 3 rings (SSSR count). The van der Waals surface area contributed by atoms with Gasteiger partial charge >= 0.3 is 6.18 Å². The van der Waals surface area contributed by atoms with E-state index in [0.29, 0.717) is 11.2 Å². The van der Waals surface area contributed by atoms with Crippen LogP contribution in [-0.2, 0) is 11.3 Å². The molecule has 1 heterocycles. The minimum atomic E-state index is -4.98. The molecule has 0 radical (unpaired) electrons. The highest BCUT2D eigenvalue weighted by molar-refractivity contribution is 6.12. The van der Waals surface area contributed by atoms with Crippen molar-refractivity contribution in [1.82, 2.24) is 4.57 Å². The lowest BCUT2D eigenvalue weighted by Crippen LogP contribution is -2.24. The molecule has 0 unspecified atom stereocenters. The first kappa shape index (κ1) is 18.7. The first-order valence-electron chi connectivity index (χ1n) is 8.24. The van der Waals surface area contributed by atoms with E-state index in [9.17, 15) is 22.8 Å². The Kier molecular flexibility index (Phi) is 4.78. The number of amides is 1. The van der Waals surface area contributed by atoms with Crippen LogP contribution in [0.25, 0.3) is 10.9 Å². The molecule has 0 aliphatic carbocycles. The summed E-state index contributed by atoms with van der Waals surface area (Å²) in [6.07, 6.45) is -4.98. The maximum atomic E-state index is 13.0. The summed E-state index contributed by atoms with van der Waals surface area (Å²) in [6, 6.07) is 13.5. The zero-order valence-corrected chi connectivity index (χ0v) is 14.7. The average Bonchev–Trinajstić information content (AvgIpc) is 2.85. The average molecular weight is 374 g/mol. The van der Waals surface area contributed by atoms with Crippen molar-refractivity contribution < 1.29 is 22.8 Å². The Bertz CT molecular complexity index is 1040. The Hall–Kier alpha value is -3.09. The number of aryl methyl sites for hydroxylation is 1. The summed E-state index contributed by atoms with van der Waals surface area (Å²) in [5, 5.41) is 2.91. The van der Waals surface area contributed by atoms with Crippen LogP contribution in [0.15, 0.2) is 48.5 Å². The monoisotopic (exact) mass is 374 g/mol. The fourth-order valence-electron chi connectivity index (χ4n) is 3.13. The van der Waals surface area contributed by atoms with E-state index in [0.717, 1.165) is 5.56 Å². The number of anilines is 1. The van der Waals surface area contributed by atoms with Crippen molar-refractivity contribution in [2.45, 2.75) is 26.6 Å². The number of fused-ring (bicyclic) bond motifs is 1. The molecule has 0 aliphatic heterocycles. The van der Waals surface area contributed by atoms with Gasteiger partial charge in [0.2, 0.25) is 5.91 Å². The highest BCUT2D eigenvalue weighted by atomic mass is 19.4. The second-order valence-corrected chi connectivity index (χ2v) is 6.31. The number of benzene rings is 2. The highest BCUT2D eigenvalue weighted by Gasteiger charge is 2.42. The number of carbonyl (C=O) groups is 2. The van der Waals surface area contributed by atoms with Gasteiger partial charge in [0.25, 0.3) is 5.78 Å². The summed E-state index contributed by atoms with van der Waals surface area (Å²) in [5.74, 6) is -2.30. The topological polar surface area (TPSA) is 51.1 Å². The highest BCUT2D eigenvalue weighted by Crippen LogP contribution is 2.31. The third-order valence-electron chi connectivity index (χ3n) is 4.32. The Morgan fingerprint density at radius 1 is 1.04 bits per heavy atom. The van der Waals surface area contributed by atoms with Crippen molar-refractivity contribution in [3.63, 3.8) is 0 Å². The molecule has 0 saturated carbocycles. The number of carbonyl (C=O) groups excluding carboxylic acids is 2. The molecule has 1 aromatic heterocycles. The number of aromatic nitrogens is 1. The summed E-state index contributed by atoms with van der Waals surface area (Å²) in [5.41, 5.74) is 1.66. The molecule has 0 atom stereocenters. The summed E-state index contributed by atoms with van der Waals surface area (Å²) < 4.78 is 40.4. The number of hydrogen-bond acceptors (Lipinski definition) is 2. The van der Waals surface area contributed by atoms with Crippen LogP contribution < -0.4 is 5.32 Å². The van der Waals surface area contributed by atoms with Crippen molar-refractivity contribution in [2.24, 2.45) is 0 Å². The first-order chi connectivity index (χ1) is 12.7. The molecule has 1 amide bonds. The molecule has 0 fully saturated rings. The molecule has 7 heteroatoms. The minimum Gasteiger partial charge on any atom is -0.335 e. The van der Waals surface area contributed by atoms with Gasteiger partial charge in [-0.15, -0.1) is 0 Å². The zero-order chi connectivity index (χ0) is 19.8. The van der Waals surface area contributed by atoms with Gasteiger partial charge in [0, 0.05) is 22.3 Å². The lowest BCUT2D eigenvalue weighted by molar-refractivity contribution is -0.116. The smallest absolute Gasteiger partial charge is 0.335 e. The van der Waals surface area contributed by atoms with Gasteiger partial charge in [-0.25, -0.2) is 0 Å². The van der Waals surface area contributed by atoms with Crippen molar-refractivity contribution in [2.75, 3.05) is 5.32 Å². The summed E-state index contributed by atoms with van der Waals surface area (Å²) in [7, 11) is 0. The van der Waals surface area contributed by atoms with Crippen LogP contribution in [0.4, 0.5) is 18.9 Å². The summed E-state index contributed by atoms with van der Waals surface area (Å²) >= 11 is 0. The van der Waals surface area contributed by atoms with E-state index in [4.69, 9.17) is 0 Å². The van der Waals surface area contributed by atoms with Crippen LogP contribution in [0.3, 0.4) is 0 Å². The second-order valence-electron chi connectivity index (χ2n) is 6.31. The Morgan fingerprint density at radius 3 is 2.41 bits per heavy atom. The molecule has 3 aromatic rings. The first-order valence-corrected chi connectivity index (χ1v) is 8.24. The Morgan fingerprint density at radius 2 is 1.74 bits per heavy atom. The van der Waals surface area contributed by atoms with Gasteiger partial charge in [-0.3, -0.25) is 9.59 Å². The summed E-state index contributed by atoms with van der Waals surface area (Å²) in [6.45, 7) is 3.10. The van der Waals surface area contributed by atoms with E-state index in [1.807, 2.05) is 13.0 Å². The van der Waals surface area contributed by atoms with Gasteiger partial charge in [-0.1, -0.05) is 30.3 Å². The quantitative estimate of drug-likeness (QED) is 0.677.